The van der Waals surface area contributed by atoms with Crippen LogP contribution in [-0.2, 0) is 11.2 Å². The molecule has 0 saturated carbocycles. The average Bonchev–Trinajstić information content (AvgIpc) is 2.69. The standard InChI is InChI=1S/C21H28N4O2/c1-3-4-13-25(21(27)19-16-23-17(2)15-24-19)14-11-20(26)22-12-10-18-8-6-5-7-9-18/h5-9,15-16H,3-4,10-14H2,1-2H3,(H,22,26). The second kappa shape index (κ2) is 11.1. The van der Waals surface area contributed by atoms with Gasteiger partial charge in [-0.25, -0.2) is 4.98 Å². The van der Waals surface area contributed by atoms with Crippen molar-refractivity contribution in [3.8, 4) is 0 Å². The molecule has 0 unspecified atom stereocenters. The van der Waals surface area contributed by atoms with Gasteiger partial charge in [0.2, 0.25) is 5.91 Å². The zero-order chi connectivity index (χ0) is 19.5. The maximum Gasteiger partial charge on any atom is 0.274 e. The molecule has 6 nitrogen and oxygen atoms in total. The molecule has 1 aromatic carbocycles. The Morgan fingerprint density at radius 2 is 1.85 bits per heavy atom. The van der Waals surface area contributed by atoms with E-state index in [-0.39, 0.29) is 18.2 Å². The fourth-order valence-electron chi connectivity index (χ4n) is 2.64. The van der Waals surface area contributed by atoms with Crippen molar-refractivity contribution in [2.75, 3.05) is 19.6 Å². The molecule has 0 saturated heterocycles. The number of carbonyl (C=O) groups is 2. The van der Waals surface area contributed by atoms with Crippen LogP contribution in [0.1, 0.15) is 47.9 Å². The van der Waals surface area contributed by atoms with E-state index in [0.29, 0.717) is 25.3 Å². The summed E-state index contributed by atoms with van der Waals surface area (Å²) in [5, 5.41) is 2.92. The summed E-state index contributed by atoms with van der Waals surface area (Å²) in [6, 6.07) is 10.0. The number of nitrogens with zero attached hydrogens (tertiary/aromatic N) is 3. The average molecular weight is 368 g/mol. The van der Waals surface area contributed by atoms with Crippen LogP contribution >= 0.6 is 0 Å². The van der Waals surface area contributed by atoms with Crippen molar-refractivity contribution in [1.82, 2.24) is 20.2 Å². The summed E-state index contributed by atoms with van der Waals surface area (Å²) in [5.41, 5.74) is 2.28. The lowest BCUT2D eigenvalue weighted by Crippen LogP contribution is -2.36. The van der Waals surface area contributed by atoms with E-state index in [4.69, 9.17) is 0 Å². The van der Waals surface area contributed by atoms with E-state index in [0.717, 1.165) is 25.0 Å². The molecule has 0 atom stereocenters. The number of amides is 2. The third-order valence-electron chi connectivity index (χ3n) is 4.26. The highest BCUT2D eigenvalue weighted by atomic mass is 16.2. The van der Waals surface area contributed by atoms with Gasteiger partial charge in [-0.15, -0.1) is 0 Å². The van der Waals surface area contributed by atoms with Gasteiger partial charge in [-0.05, 0) is 25.3 Å². The van der Waals surface area contributed by atoms with Crippen molar-refractivity contribution in [2.45, 2.75) is 39.5 Å². The van der Waals surface area contributed by atoms with Gasteiger partial charge in [0.15, 0.2) is 0 Å². The van der Waals surface area contributed by atoms with Crippen LogP contribution in [0.25, 0.3) is 0 Å². The second-order valence-corrected chi connectivity index (χ2v) is 6.52. The number of benzene rings is 1. The number of carbonyl (C=O) groups excluding carboxylic acids is 2. The molecule has 1 aromatic heterocycles. The minimum Gasteiger partial charge on any atom is -0.356 e. The number of hydrogen-bond donors (Lipinski definition) is 1. The molecule has 0 aliphatic heterocycles. The van der Waals surface area contributed by atoms with E-state index >= 15 is 0 Å². The van der Waals surface area contributed by atoms with Gasteiger partial charge in [0.25, 0.3) is 5.91 Å². The van der Waals surface area contributed by atoms with E-state index in [1.54, 1.807) is 11.1 Å². The van der Waals surface area contributed by atoms with Crippen molar-refractivity contribution in [3.05, 3.63) is 59.7 Å². The van der Waals surface area contributed by atoms with E-state index in [9.17, 15) is 9.59 Å². The number of unbranched alkanes of at least 4 members (excludes halogenated alkanes) is 1. The molecule has 0 bridgehead atoms. The molecule has 1 heterocycles. The molecule has 0 fully saturated rings. The Morgan fingerprint density at radius 3 is 2.52 bits per heavy atom. The van der Waals surface area contributed by atoms with Gasteiger partial charge in [0.05, 0.1) is 11.9 Å². The molecule has 1 N–H and O–H groups in total. The van der Waals surface area contributed by atoms with Gasteiger partial charge >= 0.3 is 0 Å². The summed E-state index contributed by atoms with van der Waals surface area (Å²) in [7, 11) is 0. The molecule has 2 amide bonds. The topological polar surface area (TPSA) is 75.2 Å². The smallest absolute Gasteiger partial charge is 0.274 e. The van der Waals surface area contributed by atoms with Crippen molar-refractivity contribution >= 4 is 11.8 Å². The molecule has 27 heavy (non-hydrogen) atoms. The predicted octanol–water partition coefficient (Wildman–Crippen LogP) is 2.78. The summed E-state index contributed by atoms with van der Waals surface area (Å²) < 4.78 is 0. The predicted molar refractivity (Wildman–Crippen MR) is 105 cm³/mol. The van der Waals surface area contributed by atoms with Crippen LogP contribution in [0.3, 0.4) is 0 Å². The Labute approximate surface area is 161 Å². The maximum absolute atomic E-state index is 12.7. The normalized spacial score (nSPS) is 10.4. The Kier molecular flexibility index (Phi) is 8.42. The van der Waals surface area contributed by atoms with Crippen LogP contribution < -0.4 is 5.32 Å². The van der Waals surface area contributed by atoms with Crippen LogP contribution in [-0.4, -0.2) is 46.3 Å². The zero-order valence-electron chi connectivity index (χ0n) is 16.1. The van der Waals surface area contributed by atoms with E-state index in [2.05, 4.69) is 22.2 Å². The van der Waals surface area contributed by atoms with Crippen LogP contribution in [0.4, 0.5) is 0 Å². The fraction of sp³-hybridized carbons (Fsp3) is 0.429. The lowest BCUT2D eigenvalue weighted by Gasteiger charge is -2.22. The molecule has 2 aromatic rings. The number of aryl methyl sites for hydroxylation is 1. The summed E-state index contributed by atoms with van der Waals surface area (Å²) >= 11 is 0. The fourth-order valence-corrected chi connectivity index (χ4v) is 2.64. The first-order chi connectivity index (χ1) is 13.1. The Bertz CT molecular complexity index is 717. The van der Waals surface area contributed by atoms with Crippen LogP contribution in [0.2, 0.25) is 0 Å². The highest BCUT2D eigenvalue weighted by Gasteiger charge is 2.18. The van der Waals surface area contributed by atoms with Gasteiger partial charge in [-0.2, -0.15) is 0 Å². The number of rotatable bonds is 10. The molecule has 6 heteroatoms. The first-order valence-electron chi connectivity index (χ1n) is 9.48. The first kappa shape index (κ1) is 20.6. The van der Waals surface area contributed by atoms with Crippen molar-refractivity contribution in [2.24, 2.45) is 0 Å². The highest BCUT2D eigenvalue weighted by Crippen LogP contribution is 2.05. The van der Waals surface area contributed by atoms with Crippen molar-refractivity contribution < 1.29 is 9.59 Å². The third kappa shape index (κ3) is 7.17. The van der Waals surface area contributed by atoms with Crippen LogP contribution in [0.5, 0.6) is 0 Å². The van der Waals surface area contributed by atoms with Gasteiger partial charge < -0.3 is 10.2 Å². The molecule has 144 valence electrons. The molecule has 0 aliphatic carbocycles. The SMILES string of the molecule is CCCCN(CCC(=O)NCCc1ccccc1)C(=O)c1cnc(C)cn1. The molecular weight excluding hydrogens is 340 g/mol. The summed E-state index contributed by atoms with van der Waals surface area (Å²) in [4.78, 5) is 34.8. The first-order valence-corrected chi connectivity index (χ1v) is 9.48. The number of hydrogen-bond acceptors (Lipinski definition) is 4. The van der Waals surface area contributed by atoms with Gasteiger partial charge in [-0.3, -0.25) is 14.6 Å². The van der Waals surface area contributed by atoms with Crippen LogP contribution in [0.15, 0.2) is 42.7 Å². The molecular formula is C21H28N4O2. The minimum absolute atomic E-state index is 0.0461. The summed E-state index contributed by atoms with van der Waals surface area (Å²) in [6.07, 6.45) is 6.03. The molecule has 0 spiro atoms. The summed E-state index contributed by atoms with van der Waals surface area (Å²) in [6.45, 7) is 5.49. The van der Waals surface area contributed by atoms with Gasteiger partial charge in [0, 0.05) is 32.3 Å². The number of nitrogens with one attached hydrogen (secondary N) is 1. The lowest BCUT2D eigenvalue weighted by atomic mass is 10.1. The van der Waals surface area contributed by atoms with Gasteiger partial charge in [-0.1, -0.05) is 43.7 Å². The second-order valence-electron chi connectivity index (χ2n) is 6.52. The highest BCUT2D eigenvalue weighted by molar-refractivity contribution is 5.92. The van der Waals surface area contributed by atoms with Crippen LogP contribution in [0, 0.1) is 6.92 Å². The quantitative estimate of drug-likeness (QED) is 0.700. The molecule has 0 aliphatic rings. The van der Waals surface area contributed by atoms with E-state index in [1.807, 2.05) is 37.3 Å². The third-order valence-corrected chi connectivity index (χ3v) is 4.26. The van der Waals surface area contributed by atoms with E-state index in [1.165, 1.54) is 11.8 Å². The Morgan fingerprint density at radius 1 is 1.07 bits per heavy atom. The van der Waals surface area contributed by atoms with Crippen molar-refractivity contribution in [1.29, 1.82) is 0 Å². The molecule has 2 rings (SSSR count). The molecule has 0 radical (unpaired) electrons. The Balaban J connectivity index is 1.82. The van der Waals surface area contributed by atoms with Crippen molar-refractivity contribution in [3.63, 3.8) is 0 Å². The van der Waals surface area contributed by atoms with Gasteiger partial charge in [0.1, 0.15) is 5.69 Å². The number of aromatic nitrogens is 2. The maximum atomic E-state index is 12.7. The minimum atomic E-state index is -0.173. The Hall–Kier alpha value is -2.76. The van der Waals surface area contributed by atoms with E-state index < -0.39 is 0 Å². The zero-order valence-corrected chi connectivity index (χ0v) is 16.1. The summed E-state index contributed by atoms with van der Waals surface area (Å²) in [5.74, 6) is -0.219. The largest absolute Gasteiger partial charge is 0.356 e. The monoisotopic (exact) mass is 368 g/mol. The lowest BCUT2D eigenvalue weighted by molar-refractivity contribution is -0.121.